The minimum atomic E-state index is -0.280. The molecule has 0 aliphatic rings. The average molecular weight is 307 g/mol. The molecular formula is C15H19ClN4O. The Hall–Kier alpha value is -1.88. The summed E-state index contributed by atoms with van der Waals surface area (Å²) in [7, 11) is 1.76. The van der Waals surface area contributed by atoms with E-state index in [9.17, 15) is 4.79 Å². The summed E-state index contributed by atoms with van der Waals surface area (Å²) in [5.74, 6) is -0.280. The molecule has 0 unspecified atom stereocenters. The standard InChI is InChI=1S/C15H19ClN4O/c1-5-11(12-7-6-9(2)8-17-12)18-15(21)14-13(16)10(3)20(4)19-14/h6-8,11H,5H2,1-4H3,(H,18,21)/t11-/m1/s1. The monoisotopic (exact) mass is 306 g/mol. The van der Waals surface area contributed by atoms with Crippen molar-refractivity contribution in [3.05, 3.63) is 46.0 Å². The second-order valence-corrected chi connectivity index (χ2v) is 5.44. The molecule has 0 aliphatic carbocycles. The first-order valence-corrected chi connectivity index (χ1v) is 7.24. The van der Waals surface area contributed by atoms with Gasteiger partial charge in [0.15, 0.2) is 5.69 Å². The van der Waals surface area contributed by atoms with Gasteiger partial charge in [-0.05, 0) is 31.9 Å². The van der Waals surface area contributed by atoms with Crippen molar-refractivity contribution >= 4 is 17.5 Å². The first kappa shape index (κ1) is 15.5. The number of aromatic nitrogens is 3. The third kappa shape index (κ3) is 3.24. The number of halogens is 1. The van der Waals surface area contributed by atoms with Gasteiger partial charge in [0.2, 0.25) is 0 Å². The van der Waals surface area contributed by atoms with Crippen LogP contribution in [0.25, 0.3) is 0 Å². The summed E-state index contributed by atoms with van der Waals surface area (Å²) in [6.07, 6.45) is 2.53. The van der Waals surface area contributed by atoms with Gasteiger partial charge in [0, 0.05) is 13.2 Å². The van der Waals surface area contributed by atoms with Gasteiger partial charge in [0.25, 0.3) is 5.91 Å². The van der Waals surface area contributed by atoms with Gasteiger partial charge in [-0.2, -0.15) is 5.10 Å². The number of nitrogens with zero attached hydrogens (tertiary/aromatic N) is 3. The van der Waals surface area contributed by atoms with E-state index in [-0.39, 0.29) is 17.6 Å². The molecular weight excluding hydrogens is 288 g/mol. The van der Waals surface area contributed by atoms with Crippen LogP contribution >= 0.6 is 11.6 Å². The second kappa shape index (κ2) is 6.26. The number of amides is 1. The fourth-order valence-electron chi connectivity index (χ4n) is 2.02. The summed E-state index contributed by atoms with van der Waals surface area (Å²) < 4.78 is 1.60. The summed E-state index contributed by atoms with van der Waals surface area (Å²) in [4.78, 5) is 16.7. The van der Waals surface area contributed by atoms with Gasteiger partial charge in [0.1, 0.15) is 0 Å². The smallest absolute Gasteiger partial charge is 0.273 e. The van der Waals surface area contributed by atoms with E-state index in [1.54, 1.807) is 17.9 Å². The number of hydrogen-bond acceptors (Lipinski definition) is 3. The molecule has 6 heteroatoms. The van der Waals surface area contributed by atoms with Crippen molar-refractivity contribution in [3.8, 4) is 0 Å². The molecule has 0 saturated carbocycles. The Labute approximate surface area is 129 Å². The lowest BCUT2D eigenvalue weighted by atomic mass is 10.1. The third-order valence-corrected chi connectivity index (χ3v) is 3.93. The molecule has 1 N–H and O–H groups in total. The van der Waals surface area contributed by atoms with Crippen LogP contribution < -0.4 is 5.32 Å². The third-order valence-electron chi connectivity index (χ3n) is 3.48. The zero-order chi connectivity index (χ0) is 15.6. The molecule has 5 nitrogen and oxygen atoms in total. The van der Waals surface area contributed by atoms with Gasteiger partial charge in [-0.15, -0.1) is 0 Å². The van der Waals surface area contributed by atoms with E-state index in [1.807, 2.05) is 32.9 Å². The highest BCUT2D eigenvalue weighted by Crippen LogP contribution is 2.21. The van der Waals surface area contributed by atoms with Crippen LogP contribution in [0.15, 0.2) is 18.3 Å². The topological polar surface area (TPSA) is 59.8 Å². The Kier molecular flexibility index (Phi) is 4.63. The Morgan fingerprint density at radius 3 is 2.62 bits per heavy atom. The number of aryl methyl sites for hydroxylation is 2. The van der Waals surface area contributed by atoms with Gasteiger partial charge in [-0.25, -0.2) is 0 Å². The largest absolute Gasteiger partial charge is 0.342 e. The van der Waals surface area contributed by atoms with E-state index in [2.05, 4.69) is 15.4 Å². The molecule has 0 saturated heterocycles. The Balaban J connectivity index is 2.20. The number of carbonyl (C=O) groups excluding carboxylic acids is 1. The maximum absolute atomic E-state index is 12.3. The van der Waals surface area contributed by atoms with Gasteiger partial charge in [-0.1, -0.05) is 24.6 Å². The quantitative estimate of drug-likeness (QED) is 0.944. The number of hydrogen-bond donors (Lipinski definition) is 1. The minimum absolute atomic E-state index is 0.156. The van der Waals surface area contributed by atoms with Crippen LogP contribution in [0.4, 0.5) is 0 Å². The zero-order valence-corrected chi connectivity index (χ0v) is 13.4. The number of rotatable bonds is 4. The average Bonchev–Trinajstić information content (AvgIpc) is 2.73. The zero-order valence-electron chi connectivity index (χ0n) is 12.6. The molecule has 0 aromatic carbocycles. The van der Waals surface area contributed by atoms with Crippen LogP contribution in [0.5, 0.6) is 0 Å². The van der Waals surface area contributed by atoms with Gasteiger partial charge < -0.3 is 5.32 Å². The first-order valence-electron chi connectivity index (χ1n) is 6.86. The number of nitrogens with one attached hydrogen (secondary N) is 1. The molecule has 1 amide bonds. The molecule has 0 spiro atoms. The first-order chi connectivity index (χ1) is 9.93. The fraction of sp³-hybridized carbons (Fsp3) is 0.400. The predicted molar refractivity (Wildman–Crippen MR) is 82.4 cm³/mol. The van der Waals surface area contributed by atoms with Crippen molar-refractivity contribution in [1.29, 1.82) is 0 Å². The highest BCUT2D eigenvalue weighted by atomic mass is 35.5. The Bertz CT molecular complexity index is 648. The van der Waals surface area contributed by atoms with Crippen LogP contribution in [-0.2, 0) is 7.05 Å². The molecule has 0 fully saturated rings. The molecule has 2 heterocycles. The Morgan fingerprint density at radius 2 is 2.14 bits per heavy atom. The Morgan fingerprint density at radius 1 is 1.43 bits per heavy atom. The lowest BCUT2D eigenvalue weighted by Crippen LogP contribution is -2.29. The maximum Gasteiger partial charge on any atom is 0.273 e. The predicted octanol–water partition coefficient (Wildman–Crippen LogP) is 2.97. The summed E-state index contributed by atoms with van der Waals surface area (Å²) in [6.45, 7) is 5.80. The number of carbonyl (C=O) groups is 1. The van der Waals surface area contributed by atoms with Gasteiger partial charge in [0.05, 0.1) is 22.5 Å². The van der Waals surface area contributed by atoms with Gasteiger partial charge in [-0.3, -0.25) is 14.5 Å². The minimum Gasteiger partial charge on any atom is -0.342 e. The molecule has 2 rings (SSSR count). The van der Waals surface area contributed by atoms with Crippen LogP contribution in [0.3, 0.4) is 0 Å². The lowest BCUT2D eigenvalue weighted by Gasteiger charge is -2.16. The summed E-state index contributed by atoms with van der Waals surface area (Å²) in [5, 5.41) is 7.49. The van der Waals surface area contributed by atoms with E-state index in [0.29, 0.717) is 5.02 Å². The summed E-state index contributed by atoms with van der Waals surface area (Å²) in [5.41, 5.74) is 2.94. The normalized spacial score (nSPS) is 12.2. The van der Waals surface area contributed by atoms with Crippen LogP contribution in [0.1, 0.15) is 46.8 Å². The summed E-state index contributed by atoms with van der Waals surface area (Å²) >= 11 is 6.14. The molecule has 21 heavy (non-hydrogen) atoms. The molecule has 2 aromatic heterocycles. The number of pyridine rings is 1. The molecule has 2 aromatic rings. The molecule has 112 valence electrons. The van der Waals surface area contributed by atoms with Crippen molar-refractivity contribution in [2.24, 2.45) is 7.05 Å². The molecule has 0 bridgehead atoms. The highest BCUT2D eigenvalue weighted by Gasteiger charge is 2.21. The van der Waals surface area contributed by atoms with Crippen molar-refractivity contribution in [3.63, 3.8) is 0 Å². The van der Waals surface area contributed by atoms with E-state index >= 15 is 0 Å². The van der Waals surface area contributed by atoms with Crippen molar-refractivity contribution in [2.75, 3.05) is 0 Å². The van der Waals surface area contributed by atoms with Crippen molar-refractivity contribution in [2.45, 2.75) is 33.2 Å². The van der Waals surface area contributed by atoms with E-state index in [4.69, 9.17) is 11.6 Å². The maximum atomic E-state index is 12.3. The molecule has 0 aliphatic heterocycles. The van der Waals surface area contributed by atoms with E-state index in [1.165, 1.54) is 0 Å². The molecule has 0 radical (unpaired) electrons. The van der Waals surface area contributed by atoms with Crippen LogP contribution in [0, 0.1) is 13.8 Å². The van der Waals surface area contributed by atoms with Crippen LogP contribution in [0.2, 0.25) is 5.02 Å². The van der Waals surface area contributed by atoms with Crippen molar-refractivity contribution < 1.29 is 4.79 Å². The SMILES string of the molecule is CC[C@@H](NC(=O)c1nn(C)c(C)c1Cl)c1ccc(C)cn1. The summed E-state index contributed by atoms with van der Waals surface area (Å²) in [6, 6.07) is 3.75. The van der Waals surface area contributed by atoms with E-state index in [0.717, 1.165) is 23.4 Å². The van der Waals surface area contributed by atoms with E-state index < -0.39 is 0 Å². The molecule has 1 atom stereocenters. The van der Waals surface area contributed by atoms with Crippen molar-refractivity contribution in [1.82, 2.24) is 20.1 Å². The second-order valence-electron chi connectivity index (χ2n) is 5.07. The highest BCUT2D eigenvalue weighted by molar-refractivity contribution is 6.34. The van der Waals surface area contributed by atoms with Gasteiger partial charge >= 0.3 is 0 Å². The fourth-order valence-corrected chi connectivity index (χ4v) is 2.27. The van der Waals surface area contributed by atoms with Crippen LogP contribution in [-0.4, -0.2) is 20.7 Å². The lowest BCUT2D eigenvalue weighted by molar-refractivity contribution is 0.0929.